The van der Waals surface area contributed by atoms with Gasteiger partial charge in [0.1, 0.15) is 16.5 Å². The maximum atomic E-state index is 11.0. The molecule has 6 nitrogen and oxygen atoms in total. The number of methoxy groups -OCH3 is 1. The molecule has 0 aliphatic rings. The lowest BCUT2D eigenvalue weighted by molar-refractivity contribution is -0.142. The average molecular weight is 313 g/mol. The molecule has 106 valence electrons. The number of carbonyl (C=O) groups is 2. The monoisotopic (exact) mass is 313 g/mol. The second-order valence-electron chi connectivity index (χ2n) is 3.83. The molecule has 0 spiro atoms. The highest BCUT2D eigenvalue weighted by Gasteiger charge is 2.24. The van der Waals surface area contributed by atoms with E-state index in [0.29, 0.717) is 15.6 Å². The van der Waals surface area contributed by atoms with E-state index in [-0.39, 0.29) is 0 Å². The molecular formula is C12H11NO5S2. The van der Waals surface area contributed by atoms with E-state index in [0.717, 1.165) is 16.5 Å². The summed E-state index contributed by atoms with van der Waals surface area (Å²) in [6.45, 7) is 0. The number of benzene rings is 1. The smallest absolute Gasteiger partial charge is 0.317 e. The largest absolute Gasteiger partial charge is 0.494 e. The molecule has 0 radical (unpaired) electrons. The van der Waals surface area contributed by atoms with Crippen molar-refractivity contribution in [3.63, 3.8) is 0 Å². The highest BCUT2D eigenvalue weighted by molar-refractivity contribution is 8.02. The van der Waals surface area contributed by atoms with Crippen molar-refractivity contribution in [1.82, 2.24) is 4.98 Å². The van der Waals surface area contributed by atoms with Crippen LogP contribution in [-0.2, 0) is 9.59 Å². The second-order valence-corrected chi connectivity index (χ2v) is 6.31. The molecule has 2 N–H and O–H groups in total. The summed E-state index contributed by atoms with van der Waals surface area (Å²) in [4.78, 5) is 26.0. The van der Waals surface area contributed by atoms with E-state index in [1.165, 1.54) is 18.4 Å². The van der Waals surface area contributed by atoms with Crippen LogP contribution in [0.4, 0.5) is 0 Å². The summed E-state index contributed by atoms with van der Waals surface area (Å²) in [5, 5.41) is 16.7. The van der Waals surface area contributed by atoms with Crippen molar-refractivity contribution in [2.45, 2.75) is 16.0 Å². The molecule has 8 heteroatoms. The average Bonchev–Trinajstić information content (AvgIpc) is 2.79. The topological polar surface area (TPSA) is 96.7 Å². The quantitative estimate of drug-likeness (QED) is 0.790. The number of para-hydroxylation sites is 1. The van der Waals surface area contributed by atoms with Crippen LogP contribution in [0.5, 0.6) is 5.75 Å². The molecular weight excluding hydrogens is 302 g/mol. The highest BCUT2D eigenvalue weighted by Crippen LogP contribution is 2.36. The Morgan fingerprint density at radius 1 is 1.45 bits per heavy atom. The number of aromatic nitrogens is 1. The first-order valence-corrected chi connectivity index (χ1v) is 7.25. The molecule has 0 amide bonds. The van der Waals surface area contributed by atoms with Crippen molar-refractivity contribution in [3.05, 3.63) is 18.2 Å². The van der Waals surface area contributed by atoms with Gasteiger partial charge < -0.3 is 14.9 Å². The van der Waals surface area contributed by atoms with Crippen LogP contribution in [0.1, 0.15) is 6.42 Å². The van der Waals surface area contributed by atoms with Gasteiger partial charge >= 0.3 is 11.9 Å². The number of hydrogen-bond acceptors (Lipinski definition) is 6. The molecule has 0 saturated heterocycles. The maximum Gasteiger partial charge on any atom is 0.317 e. The molecule has 1 atom stereocenters. The zero-order valence-corrected chi connectivity index (χ0v) is 12.0. The lowest BCUT2D eigenvalue weighted by Crippen LogP contribution is -2.20. The first-order chi connectivity index (χ1) is 9.51. The molecule has 2 aromatic rings. The van der Waals surface area contributed by atoms with E-state index in [9.17, 15) is 9.59 Å². The molecule has 2 rings (SSSR count). The van der Waals surface area contributed by atoms with Gasteiger partial charge in [-0.05, 0) is 12.1 Å². The molecule has 1 heterocycles. The van der Waals surface area contributed by atoms with E-state index in [4.69, 9.17) is 14.9 Å². The second kappa shape index (κ2) is 6.10. The van der Waals surface area contributed by atoms with Gasteiger partial charge in [-0.15, -0.1) is 11.3 Å². The molecule has 0 saturated carbocycles. The van der Waals surface area contributed by atoms with Gasteiger partial charge in [-0.1, -0.05) is 17.8 Å². The minimum Gasteiger partial charge on any atom is -0.494 e. The van der Waals surface area contributed by atoms with E-state index >= 15 is 0 Å². The van der Waals surface area contributed by atoms with Gasteiger partial charge in [-0.25, -0.2) is 4.98 Å². The van der Waals surface area contributed by atoms with Gasteiger partial charge in [0.25, 0.3) is 0 Å². The number of carboxylic acid groups (broad SMARTS) is 2. The fraction of sp³-hybridized carbons (Fsp3) is 0.250. The molecule has 0 aliphatic carbocycles. The normalized spacial score (nSPS) is 12.2. The first-order valence-electron chi connectivity index (χ1n) is 5.56. The SMILES string of the molecule is COc1cccc2sc(SC(CC(=O)O)C(=O)O)nc12. The summed E-state index contributed by atoms with van der Waals surface area (Å²) in [5.41, 5.74) is 0.655. The van der Waals surface area contributed by atoms with Gasteiger partial charge in [-0.2, -0.15) is 0 Å². The summed E-state index contributed by atoms with van der Waals surface area (Å²) in [6, 6.07) is 5.44. The third kappa shape index (κ3) is 3.20. The Morgan fingerprint density at radius 2 is 2.20 bits per heavy atom. The van der Waals surface area contributed by atoms with E-state index in [2.05, 4.69) is 4.98 Å². The van der Waals surface area contributed by atoms with Gasteiger partial charge in [0, 0.05) is 0 Å². The number of carboxylic acids is 2. The minimum atomic E-state index is -1.16. The van der Waals surface area contributed by atoms with Crippen LogP contribution in [0.3, 0.4) is 0 Å². The molecule has 0 fully saturated rings. The van der Waals surface area contributed by atoms with Gasteiger partial charge in [-0.3, -0.25) is 9.59 Å². The van der Waals surface area contributed by atoms with Crippen LogP contribution in [0.25, 0.3) is 10.2 Å². The fourth-order valence-electron chi connectivity index (χ4n) is 1.58. The van der Waals surface area contributed by atoms with Crippen LogP contribution in [0.2, 0.25) is 0 Å². The Labute approximate surface area is 122 Å². The third-order valence-electron chi connectivity index (χ3n) is 2.46. The van der Waals surface area contributed by atoms with Crippen LogP contribution in [0.15, 0.2) is 22.5 Å². The van der Waals surface area contributed by atoms with Crippen molar-refractivity contribution in [3.8, 4) is 5.75 Å². The number of thiazole rings is 1. The van der Waals surface area contributed by atoms with E-state index < -0.39 is 23.6 Å². The summed E-state index contributed by atoms with van der Waals surface area (Å²) in [7, 11) is 1.53. The number of nitrogens with zero attached hydrogens (tertiary/aromatic N) is 1. The number of ether oxygens (including phenoxy) is 1. The third-order valence-corrected chi connectivity index (χ3v) is 4.76. The molecule has 20 heavy (non-hydrogen) atoms. The lowest BCUT2D eigenvalue weighted by atomic mass is 10.3. The maximum absolute atomic E-state index is 11.0. The van der Waals surface area contributed by atoms with Crippen LogP contribution in [0, 0.1) is 0 Å². The fourth-order valence-corrected chi connectivity index (χ4v) is 3.82. The molecule has 1 aromatic carbocycles. The van der Waals surface area contributed by atoms with Crippen molar-refractivity contribution < 1.29 is 24.5 Å². The van der Waals surface area contributed by atoms with Crippen molar-refractivity contribution in [2.75, 3.05) is 7.11 Å². The van der Waals surface area contributed by atoms with Gasteiger partial charge in [0.2, 0.25) is 0 Å². The number of fused-ring (bicyclic) bond motifs is 1. The zero-order valence-electron chi connectivity index (χ0n) is 10.4. The summed E-state index contributed by atoms with van der Waals surface area (Å²) in [5.74, 6) is -1.71. The van der Waals surface area contributed by atoms with Crippen LogP contribution in [-0.4, -0.2) is 39.5 Å². The zero-order chi connectivity index (χ0) is 14.7. The number of thioether (sulfide) groups is 1. The van der Waals surface area contributed by atoms with E-state index in [1.807, 2.05) is 12.1 Å². The Balaban J connectivity index is 2.28. The molecule has 1 unspecified atom stereocenters. The number of aliphatic carboxylic acids is 2. The Hall–Kier alpha value is -1.80. The Kier molecular flexibility index (Phi) is 4.46. The van der Waals surface area contributed by atoms with Crippen LogP contribution < -0.4 is 4.74 Å². The summed E-state index contributed by atoms with van der Waals surface area (Å²) in [6.07, 6.45) is -0.451. The van der Waals surface area contributed by atoms with Crippen molar-refractivity contribution in [2.24, 2.45) is 0 Å². The molecule has 1 aromatic heterocycles. The number of hydrogen-bond donors (Lipinski definition) is 2. The molecule has 0 bridgehead atoms. The first kappa shape index (κ1) is 14.6. The standard InChI is InChI=1S/C12H11NO5S2/c1-18-6-3-2-4-7-10(6)13-12(19-7)20-8(11(16)17)5-9(14)15/h2-4,8H,5H2,1H3,(H,14,15)(H,16,17). The lowest BCUT2D eigenvalue weighted by Gasteiger charge is -2.06. The molecule has 0 aliphatic heterocycles. The summed E-state index contributed by atoms with van der Waals surface area (Å²) < 4.78 is 6.56. The number of rotatable bonds is 6. The summed E-state index contributed by atoms with van der Waals surface area (Å²) >= 11 is 2.26. The van der Waals surface area contributed by atoms with Gasteiger partial charge in [0.15, 0.2) is 4.34 Å². The Morgan fingerprint density at radius 3 is 2.80 bits per heavy atom. The van der Waals surface area contributed by atoms with E-state index in [1.54, 1.807) is 6.07 Å². The highest BCUT2D eigenvalue weighted by atomic mass is 32.2. The minimum absolute atomic E-state index is 0.451. The Bertz CT molecular complexity index is 654. The van der Waals surface area contributed by atoms with Crippen molar-refractivity contribution in [1.29, 1.82) is 0 Å². The van der Waals surface area contributed by atoms with Crippen LogP contribution >= 0.6 is 23.1 Å². The predicted octanol–water partition coefficient (Wildman–Crippen LogP) is 2.32. The predicted molar refractivity (Wildman–Crippen MR) is 75.7 cm³/mol. The van der Waals surface area contributed by atoms with Crippen molar-refractivity contribution >= 4 is 45.3 Å². The van der Waals surface area contributed by atoms with Gasteiger partial charge in [0.05, 0.1) is 18.2 Å².